The quantitative estimate of drug-likeness (QED) is 0.271. The average molecular weight is 513 g/mol. The van der Waals surface area contributed by atoms with Crippen molar-refractivity contribution in [3.63, 3.8) is 0 Å². The topological polar surface area (TPSA) is 74.6 Å². The summed E-state index contributed by atoms with van der Waals surface area (Å²) in [7, 11) is 0. The van der Waals surface area contributed by atoms with Gasteiger partial charge in [0.2, 0.25) is 0 Å². The van der Waals surface area contributed by atoms with Crippen molar-refractivity contribution in [2.75, 3.05) is 17.3 Å². The zero-order chi connectivity index (χ0) is 23.1. The van der Waals surface area contributed by atoms with Gasteiger partial charge in [0.05, 0.1) is 22.1 Å². The second-order valence-corrected chi connectivity index (χ2v) is 12.0. The molecule has 4 nitrogen and oxygen atoms in total. The highest BCUT2D eigenvalue weighted by atomic mass is 35.5. The van der Waals surface area contributed by atoms with Crippen LogP contribution >= 0.6 is 46.5 Å². The fourth-order valence-electron chi connectivity index (χ4n) is 3.97. The summed E-state index contributed by atoms with van der Waals surface area (Å²) in [6.45, 7) is 2.10. The van der Waals surface area contributed by atoms with Crippen molar-refractivity contribution in [1.29, 1.82) is 0 Å². The summed E-state index contributed by atoms with van der Waals surface area (Å²) in [5.74, 6) is 1.63. The van der Waals surface area contributed by atoms with E-state index in [4.69, 9.17) is 16.7 Å². The smallest absolute Gasteiger partial charge is 0.313 e. The third kappa shape index (κ3) is 7.00. The number of aryl methyl sites for hydroxylation is 1. The highest BCUT2D eigenvalue weighted by Gasteiger charge is 2.38. The number of carboxylic acid groups (broad SMARTS) is 1. The first-order valence-corrected chi connectivity index (χ1v) is 14.2. The van der Waals surface area contributed by atoms with Gasteiger partial charge in [0, 0.05) is 21.4 Å². The molecule has 0 aliphatic heterocycles. The van der Waals surface area contributed by atoms with Crippen molar-refractivity contribution in [3.05, 3.63) is 46.3 Å². The van der Waals surface area contributed by atoms with Crippen LogP contribution in [-0.4, -0.2) is 50.6 Å². The SMILES string of the molecule is C[C@@H]1CC(=O)[C@H](SCCCSCC(=O)O)C1/C=C/C(O)CCc1sc2ccccc2c1Cl. The number of thiophene rings is 1. The summed E-state index contributed by atoms with van der Waals surface area (Å²) in [5, 5.41) is 21.0. The Labute approximate surface area is 206 Å². The van der Waals surface area contributed by atoms with Crippen LogP contribution in [0.1, 0.15) is 31.1 Å². The van der Waals surface area contributed by atoms with Crippen molar-refractivity contribution < 1.29 is 19.8 Å². The van der Waals surface area contributed by atoms with Crippen LogP contribution in [-0.2, 0) is 16.0 Å². The van der Waals surface area contributed by atoms with Gasteiger partial charge in [-0.05, 0) is 48.7 Å². The first-order valence-electron chi connectivity index (χ1n) is 10.8. The Morgan fingerprint density at radius 1 is 1.34 bits per heavy atom. The third-order valence-electron chi connectivity index (χ3n) is 5.63. The highest BCUT2D eigenvalue weighted by molar-refractivity contribution is 8.01. The van der Waals surface area contributed by atoms with Crippen LogP contribution < -0.4 is 0 Å². The maximum absolute atomic E-state index is 12.5. The fourth-order valence-corrected chi connectivity index (χ4v) is 7.79. The van der Waals surface area contributed by atoms with Crippen LogP contribution in [0.5, 0.6) is 0 Å². The molecule has 3 rings (SSSR count). The highest BCUT2D eigenvalue weighted by Crippen LogP contribution is 2.39. The number of thioether (sulfide) groups is 2. The average Bonchev–Trinajstić information content (AvgIpc) is 3.22. The number of fused-ring (bicyclic) bond motifs is 1. The second-order valence-electron chi connectivity index (χ2n) is 8.14. The lowest BCUT2D eigenvalue weighted by molar-refractivity contribution is -0.133. The van der Waals surface area contributed by atoms with Gasteiger partial charge in [0.25, 0.3) is 0 Å². The number of hydrogen-bond donors (Lipinski definition) is 2. The Morgan fingerprint density at radius 2 is 2.12 bits per heavy atom. The van der Waals surface area contributed by atoms with Gasteiger partial charge in [-0.25, -0.2) is 0 Å². The molecule has 0 bridgehead atoms. The zero-order valence-corrected chi connectivity index (χ0v) is 21.2. The van der Waals surface area contributed by atoms with Crippen molar-refractivity contribution in [2.45, 2.75) is 44.0 Å². The molecule has 32 heavy (non-hydrogen) atoms. The van der Waals surface area contributed by atoms with Gasteiger partial charge >= 0.3 is 5.97 Å². The molecule has 1 fully saturated rings. The number of benzene rings is 1. The Kier molecular flexibility index (Phi) is 9.98. The standard InChI is InChI=1S/C24H29ClO4S3/c1-15-13-19(27)24(31-12-4-11-30-14-22(28)29)17(15)9-7-16(26)8-10-21-23(25)18-5-2-3-6-20(18)32-21/h2-3,5-7,9,15-17,24,26H,4,8,10-14H2,1H3,(H,28,29)/b9-7+/t15-,16?,17?,24-/m1/s1. The predicted octanol–water partition coefficient (Wildman–Crippen LogP) is 5.94. The van der Waals surface area contributed by atoms with Crippen LogP contribution in [0.4, 0.5) is 0 Å². The minimum absolute atomic E-state index is 0.0741. The van der Waals surface area contributed by atoms with E-state index in [1.54, 1.807) is 23.1 Å². The number of Topliss-reactive ketones (excluding diaryl/α,β-unsaturated/α-hetero) is 1. The molecule has 0 saturated heterocycles. The molecule has 4 atom stereocenters. The molecule has 2 N–H and O–H groups in total. The van der Waals surface area contributed by atoms with Crippen LogP contribution in [0.2, 0.25) is 5.02 Å². The van der Waals surface area contributed by atoms with Crippen molar-refractivity contribution in [2.24, 2.45) is 11.8 Å². The van der Waals surface area contributed by atoms with E-state index in [0.717, 1.165) is 44.3 Å². The van der Waals surface area contributed by atoms with Gasteiger partial charge in [0.1, 0.15) is 5.78 Å². The molecule has 1 aromatic heterocycles. The summed E-state index contributed by atoms with van der Waals surface area (Å²) in [5.41, 5.74) is 0. The lowest BCUT2D eigenvalue weighted by Crippen LogP contribution is -2.19. The summed E-state index contributed by atoms with van der Waals surface area (Å²) in [6.07, 6.45) is 6.08. The first kappa shape index (κ1) is 25.6. The van der Waals surface area contributed by atoms with Crippen LogP contribution in [0.25, 0.3) is 10.1 Å². The number of ketones is 1. The largest absolute Gasteiger partial charge is 0.481 e. The monoisotopic (exact) mass is 512 g/mol. The van der Waals surface area contributed by atoms with E-state index < -0.39 is 12.1 Å². The molecule has 0 radical (unpaired) electrons. The van der Waals surface area contributed by atoms with E-state index in [1.165, 1.54) is 11.8 Å². The van der Waals surface area contributed by atoms with E-state index in [-0.39, 0.29) is 28.6 Å². The number of hydrogen-bond acceptors (Lipinski definition) is 6. The molecule has 1 aliphatic carbocycles. The van der Waals surface area contributed by atoms with E-state index in [9.17, 15) is 14.7 Å². The molecule has 1 heterocycles. The van der Waals surface area contributed by atoms with Crippen molar-refractivity contribution in [1.82, 2.24) is 0 Å². The minimum atomic E-state index is -0.791. The molecule has 1 aliphatic rings. The second kappa shape index (κ2) is 12.5. The molecule has 0 spiro atoms. The number of halogens is 1. The molecular weight excluding hydrogens is 484 g/mol. The summed E-state index contributed by atoms with van der Waals surface area (Å²) < 4.78 is 1.16. The van der Waals surface area contributed by atoms with Crippen LogP contribution in [0, 0.1) is 11.8 Å². The molecule has 0 amide bonds. The lowest BCUT2D eigenvalue weighted by Gasteiger charge is -2.18. The van der Waals surface area contributed by atoms with Gasteiger partial charge < -0.3 is 10.2 Å². The summed E-state index contributed by atoms with van der Waals surface area (Å²) >= 11 is 11.3. The predicted molar refractivity (Wildman–Crippen MR) is 138 cm³/mol. The molecule has 1 saturated carbocycles. The molecule has 174 valence electrons. The molecule has 8 heteroatoms. The summed E-state index contributed by atoms with van der Waals surface area (Å²) in [6, 6.07) is 8.07. The molecule has 2 aromatic rings. The number of allylic oxidation sites excluding steroid dienone is 1. The Bertz CT molecular complexity index is 958. The maximum Gasteiger partial charge on any atom is 0.313 e. The van der Waals surface area contributed by atoms with Crippen LogP contribution in [0.15, 0.2) is 36.4 Å². The number of carbonyl (C=O) groups excluding carboxylic acids is 1. The van der Waals surface area contributed by atoms with Gasteiger partial charge in [0.15, 0.2) is 0 Å². The van der Waals surface area contributed by atoms with Crippen molar-refractivity contribution >= 4 is 68.3 Å². The molecular formula is C24H29ClO4S3. The fraction of sp³-hybridized carbons (Fsp3) is 0.500. The van der Waals surface area contributed by atoms with Crippen molar-refractivity contribution in [3.8, 4) is 0 Å². The lowest BCUT2D eigenvalue weighted by atomic mass is 9.96. The number of carboxylic acids is 1. The normalized spacial score (nSPS) is 22.2. The number of rotatable bonds is 12. The zero-order valence-electron chi connectivity index (χ0n) is 18.0. The van der Waals surface area contributed by atoms with Gasteiger partial charge in [-0.15, -0.1) is 23.1 Å². The molecule has 1 aromatic carbocycles. The van der Waals surface area contributed by atoms with Gasteiger partial charge in [-0.3, -0.25) is 9.59 Å². The Hall–Kier alpha value is -0.990. The first-order chi connectivity index (χ1) is 15.4. The Balaban J connectivity index is 1.49. The number of aliphatic hydroxyl groups is 1. The molecule has 2 unspecified atom stereocenters. The number of carbonyl (C=O) groups is 2. The third-order valence-corrected chi connectivity index (χ3v) is 9.89. The van der Waals surface area contributed by atoms with E-state index >= 15 is 0 Å². The Morgan fingerprint density at radius 3 is 2.88 bits per heavy atom. The number of aliphatic hydroxyl groups excluding tert-OH is 1. The van der Waals surface area contributed by atoms with Gasteiger partial charge in [-0.2, -0.15) is 11.8 Å². The number of aliphatic carboxylic acids is 1. The van der Waals surface area contributed by atoms with E-state index in [2.05, 4.69) is 13.0 Å². The summed E-state index contributed by atoms with van der Waals surface area (Å²) in [4.78, 5) is 24.1. The van der Waals surface area contributed by atoms with Crippen LogP contribution in [0.3, 0.4) is 0 Å². The van der Waals surface area contributed by atoms with E-state index in [1.807, 2.05) is 30.4 Å². The maximum atomic E-state index is 12.5. The van der Waals surface area contributed by atoms with E-state index in [0.29, 0.717) is 12.8 Å². The van der Waals surface area contributed by atoms with Gasteiger partial charge in [-0.1, -0.05) is 48.9 Å². The minimum Gasteiger partial charge on any atom is -0.481 e.